The van der Waals surface area contributed by atoms with Crippen LogP contribution in [0, 0.1) is 11.8 Å². The Morgan fingerprint density at radius 2 is 1.94 bits per heavy atom. The third-order valence-electron chi connectivity index (χ3n) is 3.85. The van der Waals surface area contributed by atoms with Gasteiger partial charge in [0.1, 0.15) is 0 Å². The van der Waals surface area contributed by atoms with Crippen molar-refractivity contribution in [2.24, 2.45) is 11.8 Å². The van der Waals surface area contributed by atoms with Crippen molar-refractivity contribution in [3.63, 3.8) is 0 Å². The van der Waals surface area contributed by atoms with E-state index >= 15 is 0 Å². The quantitative estimate of drug-likeness (QED) is 0.775. The number of carboxylic acids is 1. The molecular formula is C13H23NO3. The van der Waals surface area contributed by atoms with Crippen LogP contribution in [0.1, 0.15) is 52.4 Å². The Labute approximate surface area is 103 Å². The first-order chi connectivity index (χ1) is 8.00. The molecule has 0 spiro atoms. The second-order valence-electron chi connectivity index (χ2n) is 5.19. The van der Waals surface area contributed by atoms with Gasteiger partial charge in [0, 0.05) is 18.9 Å². The number of carboxylic acid groups (broad SMARTS) is 1. The standard InChI is InChI=1S/C13H23NO3/c1-9-5-3-6-11(10(9)2)14-12(15)7-4-8-13(16)17/h9-11H,3-8H2,1-2H3,(H,14,15)(H,16,17)/t9-,10+,11+/m0/s1. The summed E-state index contributed by atoms with van der Waals surface area (Å²) in [5, 5.41) is 11.5. The molecule has 0 bridgehead atoms. The lowest BCUT2D eigenvalue weighted by Gasteiger charge is -2.34. The van der Waals surface area contributed by atoms with E-state index in [-0.39, 0.29) is 18.4 Å². The number of amides is 1. The van der Waals surface area contributed by atoms with E-state index in [2.05, 4.69) is 19.2 Å². The Bertz CT molecular complexity index is 278. The van der Waals surface area contributed by atoms with E-state index in [1.807, 2.05) is 0 Å². The fourth-order valence-electron chi connectivity index (χ4n) is 2.46. The molecule has 0 aromatic rings. The highest BCUT2D eigenvalue weighted by Gasteiger charge is 2.27. The van der Waals surface area contributed by atoms with Crippen molar-refractivity contribution in [3.05, 3.63) is 0 Å². The van der Waals surface area contributed by atoms with Crippen LogP contribution in [0.15, 0.2) is 0 Å². The minimum atomic E-state index is -0.836. The molecule has 2 N–H and O–H groups in total. The molecular weight excluding hydrogens is 218 g/mol. The Morgan fingerprint density at radius 3 is 2.59 bits per heavy atom. The summed E-state index contributed by atoms with van der Waals surface area (Å²) in [5.74, 6) is 0.343. The SMILES string of the molecule is C[C@@H]1[C@@H](C)CCC[C@H]1NC(=O)CCCC(=O)O. The number of aliphatic carboxylic acids is 1. The summed E-state index contributed by atoms with van der Waals surface area (Å²) < 4.78 is 0. The van der Waals surface area contributed by atoms with E-state index in [0.29, 0.717) is 24.7 Å². The highest BCUT2D eigenvalue weighted by atomic mass is 16.4. The van der Waals surface area contributed by atoms with Crippen LogP contribution >= 0.6 is 0 Å². The van der Waals surface area contributed by atoms with Crippen LogP contribution < -0.4 is 5.32 Å². The van der Waals surface area contributed by atoms with Crippen LogP contribution in [0.25, 0.3) is 0 Å². The molecule has 1 saturated carbocycles. The highest BCUT2D eigenvalue weighted by Crippen LogP contribution is 2.29. The van der Waals surface area contributed by atoms with Crippen LogP contribution in [0.5, 0.6) is 0 Å². The lowest BCUT2D eigenvalue weighted by atomic mass is 9.78. The van der Waals surface area contributed by atoms with Crippen LogP contribution in [0.4, 0.5) is 0 Å². The van der Waals surface area contributed by atoms with Gasteiger partial charge in [0.25, 0.3) is 0 Å². The fourth-order valence-corrected chi connectivity index (χ4v) is 2.46. The van der Waals surface area contributed by atoms with Crippen molar-refractivity contribution in [2.75, 3.05) is 0 Å². The Balaban J connectivity index is 2.27. The Hall–Kier alpha value is -1.06. The summed E-state index contributed by atoms with van der Waals surface area (Å²) in [7, 11) is 0. The molecule has 0 aromatic heterocycles. The Morgan fingerprint density at radius 1 is 1.24 bits per heavy atom. The number of rotatable bonds is 5. The largest absolute Gasteiger partial charge is 0.481 e. The third kappa shape index (κ3) is 4.75. The molecule has 0 radical (unpaired) electrons. The Kier molecular flexibility index (Phi) is 5.45. The van der Waals surface area contributed by atoms with Gasteiger partial charge in [0.2, 0.25) is 5.91 Å². The minimum Gasteiger partial charge on any atom is -0.481 e. The van der Waals surface area contributed by atoms with Crippen molar-refractivity contribution >= 4 is 11.9 Å². The average molecular weight is 241 g/mol. The zero-order valence-electron chi connectivity index (χ0n) is 10.7. The third-order valence-corrected chi connectivity index (χ3v) is 3.85. The van der Waals surface area contributed by atoms with E-state index in [0.717, 1.165) is 6.42 Å². The molecule has 1 fully saturated rings. The van der Waals surface area contributed by atoms with E-state index in [1.54, 1.807) is 0 Å². The molecule has 0 aromatic carbocycles. The summed E-state index contributed by atoms with van der Waals surface area (Å²) in [6, 6.07) is 0.274. The van der Waals surface area contributed by atoms with Gasteiger partial charge in [0.15, 0.2) is 0 Å². The summed E-state index contributed by atoms with van der Waals surface area (Å²) in [4.78, 5) is 22.0. The van der Waals surface area contributed by atoms with E-state index in [1.165, 1.54) is 12.8 Å². The average Bonchev–Trinajstić information content (AvgIpc) is 2.24. The van der Waals surface area contributed by atoms with Gasteiger partial charge in [-0.3, -0.25) is 9.59 Å². The maximum Gasteiger partial charge on any atom is 0.303 e. The number of hydrogen-bond acceptors (Lipinski definition) is 2. The second kappa shape index (κ2) is 6.62. The normalized spacial score (nSPS) is 28.7. The van der Waals surface area contributed by atoms with Gasteiger partial charge < -0.3 is 10.4 Å². The monoisotopic (exact) mass is 241 g/mol. The van der Waals surface area contributed by atoms with Gasteiger partial charge in [0.05, 0.1) is 0 Å². The second-order valence-corrected chi connectivity index (χ2v) is 5.19. The molecule has 0 unspecified atom stereocenters. The minimum absolute atomic E-state index is 0.00259. The predicted molar refractivity (Wildman–Crippen MR) is 65.6 cm³/mol. The molecule has 0 aliphatic heterocycles. The van der Waals surface area contributed by atoms with Gasteiger partial charge in [-0.1, -0.05) is 26.7 Å². The summed E-state index contributed by atoms with van der Waals surface area (Å²) in [6.45, 7) is 4.42. The molecule has 17 heavy (non-hydrogen) atoms. The number of nitrogens with one attached hydrogen (secondary N) is 1. The first-order valence-electron chi connectivity index (χ1n) is 6.52. The van der Waals surface area contributed by atoms with Crippen LogP contribution in [0.2, 0.25) is 0 Å². The summed E-state index contributed by atoms with van der Waals surface area (Å²) in [5.41, 5.74) is 0. The molecule has 1 aliphatic rings. The molecule has 0 saturated heterocycles. The van der Waals surface area contributed by atoms with Gasteiger partial charge in [-0.2, -0.15) is 0 Å². The molecule has 4 heteroatoms. The zero-order chi connectivity index (χ0) is 12.8. The summed E-state index contributed by atoms with van der Waals surface area (Å²) in [6.07, 6.45) is 4.29. The molecule has 1 aliphatic carbocycles. The van der Waals surface area contributed by atoms with E-state index in [4.69, 9.17) is 5.11 Å². The maximum absolute atomic E-state index is 11.6. The van der Waals surface area contributed by atoms with Gasteiger partial charge in [-0.05, 0) is 24.7 Å². The molecule has 1 rings (SSSR count). The van der Waals surface area contributed by atoms with Gasteiger partial charge >= 0.3 is 5.97 Å². The van der Waals surface area contributed by atoms with Crippen LogP contribution in [0.3, 0.4) is 0 Å². The predicted octanol–water partition coefficient (Wildman–Crippen LogP) is 2.18. The topological polar surface area (TPSA) is 66.4 Å². The summed E-state index contributed by atoms with van der Waals surface area (Å²) >= 11 is 0. The van der Waals surface area contributed by atoms with Crippen molar-refractivity contribution in [3.8, 4) is 0 Å². The number of hydrogen-bond donors (Lipinski definition) is 2. The lowest BCUT2D eigenvalue weighted by molar-refractivity contribution is -0.137. The molecule has 1 amide bonds. The molecule has 0 heterocycles. The smallest absolute Gasteiger partial charge is 0.303 e. The number of carbonyl (C=O) groups excluding carboxylic acids is 1. The van der Waals surface area contributed by atoms with Gasteiger partial charge in [-0.15, -0.1) is 0 Å². The van der Waals surface area contributed by atoms with Gasteiger partial charge in [-0.25, -0.2) is 0 Å². The first kappa shape index (κ1) is 14.0. The first-order valence-corrected chi connectivity index (χ1v) is 6.52. The highest BCUT2D eigenvalue weighted by molar-refractivity contribution is 5.77. The van der Waals surface area contributed by atoms with E-state index < -0.39 is 5.97 Å². The van der Waals surface area contributed by atoms with Crippen molar-refractivity contribution in [1.82, 2.24) is 5.32 Å². The fraction of sp³-hybridized carbons (Fsp3) is 0.846. The maximum atomic E-state index is 11.6. The van der Waals surface area contributed by atoms with Crippen molar-refractivity contribution in [2.45, 2.75) is 58.4 Å². The molecule has 3 atom stereocenters. The van der Waals surface area contributed by atoms with Crippen LogP contribution in [-0.2, 0) is 9.59 Å². The lowest BCUT2D eigenvalue weighted by Crippen LogP contribution is -2.43. The van der Waals surface area contributed by atoms with Crippen molar-refractivity contribution < 1.29 is 14.7 Å². The zero-order valence-corrected chi connectivity index (χ0v) is 10.7. The van der Waals surface area contributed by atoms with E-state index in [9.17, 15) is 9.59 Å². The van der Waals surface area contributed by atoms with Crippen molar-refractivity contribution in [1.29, 1.82) is 0 Å². The van der Waals surface area contributed by atoms with Crippen LogP contribution in [-0.4, -0.2) is 23.0 Å². The number of carbonyl (C=O) groups is 2. The molecule has 98 valence electrons. The molecule has 4 nitrogen and oxygen atoms in total.